The van der Waals surface area contributed by atoms with E-state index in [1.807, 2.05) is 38.1 Å². The SMILES string of the molecule is CC.CN1c2ccccc2CCS1(=O)=O. The van der Waals surface area contributed by atoms with Gasteiger partial charge in [0, 0.05) is 7.05 Å². The summed E-state index contributed by atoms with van der Waals surface area (Å²) in [6.07, 6.45) is 0.628. The Kier molecular flexibility index (Phi) is 3.74. The number of hydrogen-bond acceptors (Lipinski definition) is 2. The highest BCUT2D eigenvalue weighted by Gasteiger charge is 2.25. The minimum atomic E-state index is -3.04. The van der Waals surface area contributed by atoms with Gasteiger partial charge in [-0.2, -0.15) is 0 Å². The molecule has 0 aromatic heterocycles. The molecule has 0 aliphatic carbocycles. The third-order valence-corrected chi connectivity index (χ3v) is 4.13. The molecule has 0 saturated carbocycles. The number of fused-ring (bicyclic) bond motifs is 1. The normalized spacial score (nSPS) is 17.4. The van der Waals surface area contributed by atoms with Crippen molar-refractivity contribution in [1.82, 2.24) is 0 Å². The molecule has 0 bridgehead atoms. The number of anilines is 1. The molecule has 1 aliphatic rings. The van der Waals surface area contributed by atoms with Crippen molar-refractivity contribution < 1.29 is 8.42 Å². The molecule has 4 heteroatoms. The van der Waals surface area contributed by atoms with E-state index in [0.717, 1.165) is 11.3 Å². The van der Waals surface area contributed by atoms with E-state index in [0.29, 0.717) is 6.42 Å². The van der Waals surface area contributed by atoms with Crippen LogP contribution in [-0.2, 0) is 16.4 Å². The fraction of sp³-hybridized carbons (Fsp3) is 0.455. The van der Waals surface area contributed by atoms with Crippen molar-refractivity contribution in [3.05, 3.63) is 29.8 Å². The predicted molar refractivity (Wildman–Crippen MR) is 63.7 cm³/mol. The van der Waals surface area contributed by atoms with Gasteiger partial charge in [-0.3, -0.25) is 4.31 Å². The molecule has 84 valence electrons. The Balaban J connectivity index is 0.000000531. The van der Waals surface area contributed by atoms with Gasteiger partial charge in [0.25, 0.3) is 0 Å². The maximum atomic E-state index is 11.5. The molecule has 2 rings (SSSR count). The number of nitrogens with zero attached hydrogens (tertiary/aromatic N) is 1. The van der Waals surface area contributed by atoms with Crippen molar-refractivity contribution in [2.45, 2.75) is 20.3 Å². The van der Waals surface area contributed by atoms with Crippen LogP contribution in [0.1, 0.15) is 19.4 Å². The third kappa shape index (κ3) is 2.31. The largest absolute Gasteiger partial charge is 0.273 e. The molecule has 0 N–H and O–H groups in total. The zero-order valence-electron chi connectivity index (χ0n) is 9.40. The Morgan fingerprint density at radius 2 is 1.80 bits per heavy atom. The molecular formula is C11H17NO2S. The number of aryl methyl sites for hydroxylation is 1. The Hall–Kier alpha value is -1.03. The summed E-state index contributed by atoms with van der Waals surface area (Å²) in [7, 11) is -1.44. The second kappa shape index (κ2) is 4.66. The maximum Gasteiger partial charge on any atom is 0.235 e. The van der Waals surface area contributed by atoms with Gasteiger partial charge in [-0.25, -0.2) is 8.42 Å². The summed E-state index contributed by atoms with van der Waals surface area (Å²) in [5.41, 5.74) is 1.92. The van der Waals surface area contributed by atoms with E-state index in [4.69, 9.17) is 0 Å². The van der Waals surface area contributed by atoms with Gasteiger partial charge in [0.05, 0.1) is 11.4 Å². The minimum absolute atomic E-state index is 0.223. The second-order valence-corrected chi connectivity index (χ2v) is 5.28. The first-order chi connectivity index (χ1) is 7.11. The maximum absolute atomic E-state index is 11.5. The van der Waals surface area contributed by atoms with Gasteiger partial charge in [0.2, 0.25) is 10.0 Å². The number of benzene rings is 1. The summed E-state index contributed by atoms with van der Waals surface area (Å²) in [6.45, 7) is 4.00. The average Bonchev–Trinajstić information content (AvgIpc) is 2.27. The van der Waals surface area contributed by atoms with E-state index >= 15 is 0 Å². The molecule has 1 aromatic carbocycles. The monoisotopic (exact) mass is 227 g/mol. The van der Waals surface area contributed by atoms with Crippen LogP contribution in [0.5, 0.6) is 0 Å². The van der Waals surface area contributed by atoms with E-state index in [2.05, 4.69) is 0 Å². The van der Waals surface area contributed by atoms with E-state index in [9.17, 15) is 8.42 Å². The lowest BCUT2D eigenvalue weighted by atomic mass is 10.1. The third-order valence-electron chi connectivity index (χ3n) is 2.38. The molecule has 1 aliphatic heterocycles. The van der Waals surface area contributed by atoms with Crippen molar-refractivity contribution in [2.75, 3.05) is 17.1 Å². The summed E-state index contributed by atoms with van der Waals surface area (Å²) in [4.78, 5) is 0. The van der Waals surface area contributed by atoms with Crippen molar-refractivity contribution in [3.63, 3.8) is 0 Å². The topological polar surface area (TPSA) is 37.4 Å². The zero-order valence-corrected chi connectivity index (χ0v) is 10.2. The molecule has 15 heavy (non-hydrogen) atoms. The standard InChI is InChI=1S/C9H11NO2S.C2H6/c1-10-9-5-3-2-4-8(9)6-7-13(10,11)12;1-2/h2-5H,6-7H2,1H3;1-2H3. The quantitative estimate of drug-likeness (QED) is 0.680. The Morgan fingerprint density at radius 3 is 2.47 bits per heavy atom. The molecule has 0 amide bonds. The van der Waals surface area contributed by atoms with Gasteiger partial charge in [-0.15, -0.1) is 0 Å². The lowest BCUT2D eigenvalue weighted by Crippen LogP contribution is -2.34. The summed E-state index contributed by atoms with van der Waals surface area (Å²) in [6, 6.07) is 7.60. The molecule has 0 atom stereocenters. The van der Waals surface area contributed by atoms with Crippen LogP contribution >= 0.6 is 0 Å². The summed E-state index contributed by atoms with van der Waals surface area (Å²) in [5.74, 6) is 0.223. The van der Waals surface area contributed by atoms with E-state index < -0.39 is 10.0 Å². The lowest BCUT2D eigenvalue weighted by molar-refractivity contribution is 0.591. The first kappa shape index (κ1) is 12.0. The van der Waals surface area contributed by atoms with Gasteiger partial charge in [-0.1, -0.05) is 32.0 Å². The molecule has 0 saturated heterocycles. The highest BCUT2D eigenvalue weighted by Crippen LogP contribution is 2.27. The van der Waals surface area contributed by atoms with Gasteiger partial charge in [0.1, 0.15) is 0 Å². The Bertz CT molecular complexity index is 426. The molecule has 0 spiro atoms. The molecule has 1 heterocycles. The highest BCUT2D eigenvalue weighted by atomic mass is 32.2. The van der Waals surface area contributed by atoms with Crippen LogP contribution in [0.4, 0.5) is 5.69 Å². The Morgan fingerprint density at radius 1 is 1.20 bits per heavy atom. The fourth-order valence-corrected chi connectivity index (χ4v) is 2.78. The van der Waals surface area contributed by atoms with Crippen LogP contribution in [0.2, 0.25) is 0 Å². The van der Waals surface area contributed by atoms with E-state index in [1.54, 1.807) is 7.05 Å². The van der Waals surface area contributed by atoms with Crippen molar-refractivity contribution >= 4 is 15.7 Å². The summed E-state index contributed by atoms with van der Waals surface area (Å²) >= 11 is 0. The van der Waals surface area contributed by atoms with Crippen molar-refractivity contribution in [2.24, 2.45) is 0 Å². The number of rotatable bonds is 0. The zero-order chi connectivity index (χ0) is 11.5. The second-order valence-electron chi connectivity index (χ2n) is 3.16. The number of para-hydroxylation sites is 1. The lowest BCUT2D eigenvalue weighted by Gasteiger charge is -2.26. The van der Waals surface area contributed by atoms with Gasteiger partial charge < -0.3 is 0 Å². The van der Waals surface area contributed by atoms with Crippen molar-refractivity contribution in [3.8, 4) is 0 Å². The van der Waals surface area contributed by atoms with Crippen LogP contribution in [0.25, 0.3) is 0 Å². The molecular weight excluding hydrogens is 210 g/mol. The molecule has 3 nitrogen and oxygen atoms in total. The first-order valence-corrected chi connectivity index (χ1v) is 6.77. The fourth-order valence-electron chi connectivity index (χ4n) is 1.56. The van der Waals surface area contributed by atoms with Crippen LogP contribution in [0.15, 0.2) is 24.3 Å². The highest BCUT2D eigenvalue weighted by molar-refractivity contribution is 7.92. The molecule has 0 unspecified atom stereocenters. The van der Waals surface area contributed by atoms with Crippen LogP contribution < -0.4 is 4.31 Å². The molecule has 0 radical (unpaired) electrons. The van der Waals surface area contributed by atoms with Gasteiger partial charge in [0.15, 0.2) is 0 Å². The predicted octanol–water partition coefficient (Wildman–Crippen LogP) is 2.03. The molecule has 0 fully saturated rings. The minimum Gasteiger partial charge on any atom is -0.273 e. The van der Waals surface area contributed by atoms with Crippen LogP contribution in [0, 0.1) is 0 Å². The van der Waals surface area contributed by atoms with Gasteiger partial charge >= 0.3 is 0 Å². The number of sulfonamides is 1. The van der Waals surface area contributed by atoms with Crippen molar-refractivity contribution in [1.29, 1.82) is 0 Å². The first-order valence-electron chi connectivity index (χ1n) is 5.16. The Labute approximate surface area is 91.8 Å². The van der Waals surface area contributed by atoms with Crippen LogP contribution in [0.3, 0.4) is 0 Å². The smallest absolute Gasteiger partial charge is 0.235 e. The number of hydrogen-bond donors (Lipinski definition) is 0. The average molecular weight is 227 g/mol. The molecule has 1 aromatic rings. The van der Waals surface area contributed by atoms with Gasteiger partial charge in [-0.05, 0) is 18.1 Å². The van der Waals surface area contributed by atoms with E-state index in [1.165, 1.54) is 4.31 Å². The van der Waals surface area contributed by atoms with E-state index in [-0.39, 0.29) is 5.75 Å². The summed E-state index contributed by atoms with van der Waals surface area (Å²) in [5, 5.41) is 0. The van der Waals surface area contributed by atoms with Crippen LogP contribution in [-0.4, -0.2) is 21.2 Å². The summed E-state index contributed by atoms with van der Waals surface area (Å²) < 4.78 is 24.3.